The van der Waals surface area contributed by atoms with Gasteiger partial charge in [0.2, 0.25) is 0 Å². The number of cyclic esters (lactones) is 1. The molecule has 1 amide bonds. The number of anilines is 1. The Labute approximate surface area is 143 Å². The monoisotopic (exact) mass is 349 g/mol. The first-order valence-electron chi connectivity index (χ1n) is 6.97. The van der Waals surface area contributed by atoms with Crippen LogP contribution in [0.3, 0.4) is 0 Å². The Morgan fingerprint density at radius 3 is 2.74 bits per heavy atom. The van der Waals surface area contributed by atoms with E-state index in [2.05, 4.69) is 5.32 Å². The van der Waals surface area contributed by atoms with Crippen LogP contribution in [0.5, 0.6) is 0 Å². The van der Waals surface area contributed by atoms with Crippen LogP contribution in [0, 0.1) is 0 Å². The number of benzene rings is 2. The zero-order chi connectivity index (χ0) is 16.6. The molecule has 0 spiro atoms. The Hall–Kier alpha value is -2.04. The van der Waals surface area contributed by atoms with Gasteiger partial charge in [-0.3, -0.25) is 4.79 Å². The maximum Gasteiger partial charge on any atom is 0.339 e. The fourth-order valence-corrected chi connectivity index (χ4v) is 2.84. The largest absolute Gasteiger partial charge is 0.445 e. The van der Waals surface area contributed by atoms with Gasteiger partial charge in [0, 0.05) is 11.4 Å². The number of carbonyl (C=O) groups is 2. The molecule has 6 heteroatoms. The van der Waals surface area contributed by atoms with Crippen molar-refractivity contribution in [2.45, 2.75) is 18.9 Å². The third kappa shape index (κ3) is 3.05. The topological polar surface area (TPSA) is 55.4 Å². The summed E-state index contributed by atoms with van der Waals surface area (Å²) < 4.78 is 5.38. The number of carbonyl (C=O) groups excluding carboxylic acids is 2. The highest BCUT2D eigenvalue weighted by Crippen LogP contribution is 2.31. The number of ether oxygens (including phenoxy) is 1. The van der Waals surface area contributed by atoms with E-state index in [0.29, 0.717) is 27.7 Å². The molecule has 1 atom stereocenters. The second-order valence-corrected chi connectivity index (χ2v) is 6.38. The average molecular weight is 350 g/mol. The van der Waals surface area contributed by atoms with Crippen LogP contribution < -0.4 is 5.32 Å². The summed E-state index contributed by atoms with van der Waals surface area (Å²) in [4.78, 5) is 24.7. The Bertz CT molecular complexity index is 806. The van der Waals surface area contributed by atoms with E-state index in [4.69, 9.17) is 27.9 Å². The SMILES string of the molecule is CC1(C(=O)Nc2cc(Cl)ccc2Cl)Cc2ccccc2C(=O)O1. The first-order chi connectivity index (χ1) is 10.9. The summed E-state index contributed by atoms with van der Waals surface area (Å²) in [5, 5.41) is 3.48. The highest BCUT2D eigenvalue weighted by Gasteiger charge is 2.42. The van der Waals surface area contributed by atoms with Crippen molar-refractivity contribution in [3.05, 3.63) is 63.6 Å². The van der Waals surface area contributed by atoms with Gasteiger partial charge in [0.15, 0.2) is 5.60 Å². The highest BCUT2D eigenvalue weighted by atomic mass is 35.5. The molecule has 3 rings (SSSR count). The van der Waals surface area contributed by atoms with Crippen LogP contribution in [0.25, 0.3) is 0 Å². The molecule has 23 heavy (non-hydrogen) atoms. The van der Waals surface area contributed by atoms with E-state index in [1.807, 2.05) is 12.1 Å². The normalized spacial score (nSPS) is 19.7. The lowest BCUT2D eigenvalue weighted by Crippen LogP contribution is -2.48. The Morgan fingerprint density at radius 1 is 1.22 bits per heavy atom. The number of esters is 1. The predicted octanol–water partition coefficient (Wildman–Crippen LogP) is 4.10. The van der Waals surface area contributed by atoms with Gasteiger partial charge in [-0.05, 0) is 36.8 Å². The molecule has 0 radical (unpaired) electrons. The molecular weight excluding hydrogens is 337 g/mol. The Balaban J connectivity index is 1.88. The molecule has 1 aliphatic heterocycles. The van der Waals surface area contributed by atoms with Crippen LogP contribution in [0.2, 0.25) is 10.0 Å². The molecule has 1 aliphatic rings. The molecule has 4 nitrogen and oxygen atoms in total. The number of halogens is 2. The van der Waals surface area contributed by atoms with E-state index < -0.39 is 17.5 Å². The van der Waals surface area contributed by atoms with Crippen LogP contribution in [0.1, 0.15) is 22.8 Å². The second kappa shape index (κ2) is 5.87. The molecule has 2 aromatic carbocycles. The lowest BCUT2D eigenvalue weighted by atomic mass is 9.89. The highest BCUT2D eigenvalue weighted by molar-refractivity contribution is 6.35. The minimum absolute atomic E-state index is 0.291. The van der Waals surface area contributed by atoms with Gasteiger partial charge < -0.3 is 10.1 Å². The maximum absolute atomic E-state index is 12.6. The molecule has 118 valence electrons. The number of amides is 1. The summed E-state index contributed by atoms with van der Waals surface area (Å²) in [6, 6.07) is 11.8. The van der Waals surface area contributed by atoms with Crippen molar-refractivity contribution in [2.75, 3.05) is 5.32 Å². The van der Waals surface area contributed by atoms with Crippen molar-refractivity contribution in [1.29, 1.82) is 0 Å². The van der Waals surface area contributed by atoms with E-state index in [9.17, 15) is 9.59 Å². The van der Waals surface area contributed by atoms with Crippen LogP contribution >= 0.6 is 23.2 Å². The predicted molar refractivity (Wildman–Crippen MR) is 89.1 cm³/mol. The third-order valence-electron chi connectivity index (χ3n) is 3.74. The van der Waals surface area contributed by atoms with Gasteiger partial charge >= 0.3 is 5.97 Å². The van der Waals surface area contributed by atoms with Crippen LogP contribution in [0.15, 0.2) is 42.5 Å². The van der Waals surface area contributed by atoms with Crippen molar-refractivity contribution >= 4 is 40.8 Å². The molecule has 0 bridgehead atoms. The van der Waals surface area contributed by atoms with Gasteiger partial charge in [0.05, 0.1) is 16.3 Å². The van der Waals surface area contributed by atoms with Crippen molar-refractivity contribution in [3.8, 4) is 0 Å². The third-order valence-corrected chi connectivity index (χ3v) is 4.30. The minimum atomic E-state index is -1.31. The van der Waals surface area contributed by atoms with Gasteiger partial charge in [0.1, 0.15) is 0 Å². The van der Waals surface area contributed by atoms with Gasteiger partial charge in [-0.25, -0.2) is 4.79 Å². The standard InChI is InChI=1S/C17H13Cl2NO3/c1-17(9-10-4-2-3-5-12(10)15(21)23-17)16(22)20-14-8-11(18)6-7-13(14)19/h2-8H,9H2,1H3,(H,20,22). The molecule has 0 saturated carbocycles. The fourth-order valence-electron chi connectivity index (χ4n) is 2.51. The van der Waals surface area contributed by atoms with Crippen LogP contribution in [-0.2, 0) is 16.0 Å². The van der Waals surface area contributed by atoms with Gasteiger partial charge in [0.25, 0.3) is 5.91 Å². The number of hydrogen-bond acceptors (Lipinski definition) is 3. The fraction of sp³-hybridized carbons (Fsp3) is 0.176. The van der Waals surface area contributed by atoms with E-state index in [1.165, 1.54) is 0 Å². The van der Waals surface area contributed by atoms with Crippen molar-refractivity contribution in [3.63, 3.8) is 0 Å². The molecule has 1 N–H and O–H groups in total. The van der Waals surface area contributed by atoms with Crippen LogP contribution in [-0.4, -0.2) is 17.5 Å². The van der Waals surface area contributed by atoms with Gasteiger partial charge in [-0.2, -0.15) is 0 Å². The molecule has 0 saturated heterocycles. The number of hydrogen-bond donors (Lipinski definition) is 1. The lowest BCUT2D eigenvalue weighted by Gasteiger charge is -2.33. The van der Waals surface area contributed by atoms with Crippen molar-refractivity contribution in [1.82, 2.24) is 0 Å². The molecule has 1 unspecified atom stereocenters. The second-order valence-electron chi connectivity index (χ2n) is 5.53. The molecule has 0 aromatic heterocycles. The minimum Gasteiger partial charge on any atom is -0.445 e. The number of fused-ring (bicyclic) bond motifs is 1. The first kappa shape index (κ1) is 15.8. The molecule has 0 aliphatic carbocycles. The van der Waals surface area contributed by atoms with Crippen molar-refractivity contribution in [2.24, 2.45) is 0 Å². The molecule has 2 aromatic rings. The van der Waals surface area contributed by atoms with Gasteiger partial charge in [-0.15, -0.1) is 0 Å². The summed E-state index contributed by atoms with van der Waals surface area (Å²) in [6.45, 7) is 1.58. The summed E-state index contributed by atoms with van der Waals surface area (Å²) in [5.74, 6) is -0.966. The molecular formula is C17H13Cl2NO3. The zero-order valence-electron chi connectivity index (χ0n) is 12.2. The van der Waals surface area contributed by atoms with E-state index in [-0.39, 0.29) is 0 Å². The summed E-state index contributed by atoms with van der Waals surface area (Å²) in [5.41, 5.74) is 0.328. The van der Waals surface area contributed by atoms with E-state index in [1.54, 1.807) is 37.3 Å². The Morgan fingerprint density at radius 2 is 1.96 bits per heavy atom. The van der Waals surface area contributed by atoms with E-state index in [0.717, 1.165) is 5.56 Å². The smallest absolute Gasteiger partial charge is 0.339 e. The van der Waals surface area contributed by atoms with Crippen molar-refractivity contribution < 1.29 is 14.3 Å². The summed E-state index contributed by atoms with van der Waals surface area (Å²) >= 11 is 12.0. The lowest BCUT2D eigenvalue weighted by molar-refractivity contribution is -0.134. The van der Waals surface area contributed by atoms with Crippen LogP contribution in [0.4, 0.5) is 5.69 Å². The first-order valence-corrected chi connectivity index (χ1v) is 7.72. The Kier molecular flexibility index (Phi) is 4.04. The average Bonchev–Trinajstić information content (AvgIpc) is 2.51. The summed E-state index contributed by atoms with van der Waals surface area (Å²) in [6.07, 6.45) is 0.291. The summed E-state index contributed by atoms with van der Waals surface area (Å²) in [7, 11) is 0. The number of nitrogens with one attached hydrogen (secondary N) is 1. The van der Waals surface area contributed by atoms with Gasteiger partial charge in [-0.1, -0.05) is 41.4 Å². The molecule has 1 heterocycles. The zero-order valence-corrected chi connectivity index (χ0v) is 13.7. The number of rotatable bonds is 2. The quantitative estimate of drug-likeness (QED) is 0.830. The maximum atomic E-state index is 12.6. The molecule has 0 fully saturated rings. The van der Waals surface area contributed by atoms with E-state index >= 15 is 0 Å².